The summed E-state index contributed by atoms with van der Waals surface area (Å²) in [6.07, 6.45) is 3.25. The molecule has 1 aromatic carbocycles. The number of thiazole rings is 1. The third-order valence-corrected chi connectivity index (χ3v) is 6.32. The highest BCUT2D eigenvalue weighted by Crippen LogP contribution is 2.32. The van der Waals surface area contributed by atoms with Crippen molar-refractivity contribution in [2.75, 3.05) is 7.11 Å². The van der Waals surface area contributed by atoms with Crippen molar-refractivity contribution in [3.63, 3.8) is 0 Å². The number of carbonyl (C=O) groups is 1. The fourth-order valence-electron chi connectivity index (χ4n) is 3.68. The number of carbonyl (C=O) groups excluding carboxylic acids is 1. The normalized spacial score (nSPS) is 16.8. The summed E-state index contributed by atoms with van der Waals surface area (Å²) in [6.45, 7) is 8.20. The molecule has 3 aromatic rings. The van der Waals surface area contributed by atoms with Gasteiger partial charge in [-0.3, -0.25) is 9.36 Å². The average molecular weight is 437 g/mol. The largest absolute Gasteiger partial charge is 0.466 e. The van der Waals surface area contributed by atoms with E-state index in [1.165, 1.54) is 24.0 Å². The van der Waals surface area contributed by atoms with E-state index < -0.39 is 12.0 Å². The van der Waals surface area contributed by atoms with Gasteiger partial charge in [-0.05, 0) is 35.6 Å². The minimum Gasteiger partial charge on any atom is -0.466 e. The van der Waals surface area contributed by atoms with Crippen LogP contribution in [-0.4, -0.2) is 17.6 Å². The smallest absolute Gasteiger partial charge is 0.338 e. The van der Waals surface area contributed by atoms with Gasteiger partial charge in [0.2, 0.25) is 0 Å². The van der Waals surface area contributed by atoms with E-state index in [1.54, 1.807) is 36.0 Å². The lowest BCUT2D eigenvalue weighted by molar-refractivity contribution is -0.136. The van der Waals surface area contributed by atoms with Crippen molar-refractivity contribution in [1.29, 1.82) is 0 Å². The van der Waals surface area contributed by atoms with Crippen LogP contribution in [0.5, 0.6) is 0 Å². The first-order chi connectivity index (χ1) is 14.7. The Balaban J connectivity index is 1.95. The highest BCUT2D eigenvalue weighted by atomic mass is 32.1. The van der Waals surface area contributed by atoms with Gasteiger partial charge in [0.15, 0.2) is 4.80 Å². The number of hydrogen-bond acceptors (Lipinski definition) is 6. The monoisotopic (exact) mass is 436 g/mol. The lowest BCUT2D eigenvalue weighted by Crippen LogP contribution is -2.39. The Hall–Kier alpha value is -3.19. The summed E-state index contributed by atoms with van der Waals surface area (Å²) in [5.41, 5.74) is 2.67. The molecule has 31 heavy (non-hydrogen) atoms. The van der Waals surface area contributed by atoms with E-state index in [0.717, 1.165) is 5.56 Å². The molecule has 0 saturated heterocycles. The summed E-state index contributed by atoms with van der Waals surface area (Å²) in [5.74, 6) is 0.0895. The lowest BCUT2D eigenvalue weighted by atomic mass is 9.85. The first-order valence-corrected chi connectivity index (χ1v) is 10.8. The van der Waals surface area contributed by atoms with Crippen molar-refractivity contribution in [3.05, 3.63) is 90.5 Å². The third-order valence-electron chi connectivity index (χ3n) is 5.34. The number of fused-ring (bicyclic) bond motifs is 1. The number of methoxy groups -OCH3 is 1. The SMILES string of the molecule is COC(=O)C1=C(C)N=c2s/c(=C/c3ccco3)c(=O)n2[C@H]1c1ccc(C(C)(C)C)cc1. The van der Waals surface area contributed by atoms with E-state index in [-0.39, 0.29) is 11.0 Å². The Morgan fingerprint density at radius 2 is 1.94 bits per heavy atom. The second kappa shape index (κ2) is 7.81. The van der Waals surface area contributed by atoms with Gasteiger partial charge in [0.1, 0.15) is 5.76 Å². The summed E-state index contributed by atoms with van der Waals surface area (Å²) in [7, 11) is 1.34. The Morgan fingerprint density at radius 3 is 2.52 bits per heavy atom. The van der Waals surface area contributed by atoms with Gasteiger partial charge in [-0.2, -0.15) is 0 Å². The molecule has 7 heteroatoms. The second-order valence-corrected chi connectivity index (χ2v) is 9.47. The van der Waals surface area contributed by atoms with Gasteiger partial charge in [-0.25, -0.2) is 9.79 Å². The summed E-state index contributed by atoms with van der Waals surface area (Å²) < 4.78 is 12.5. The molecule has 0 saturated carbocycles. The molecule has 160 valence electrons. The van der Waals surface area contributed by atoms with Crippen LogP contribution in [0.1, 0.15) is 50.6 Å². The van der Waals surface area contributed by atoms with Crippen LogP contribution in [-0.2, 0) is 14.9 Å². The Bertz CT molecular complexity index is 1330. The number of furan rings is 1. The molecule has 0 radical (unpaired) electrons. The molecule has 1 atom stereocenters. The first kappa shape index (κ1) is 21.1. The molecule has 1 aliphatic rings. The van der Waals surface area contributed by atoms with Gasteiger partial charge >= 0.3 is 5.97 Å². The van der Waals surface area contributed by atoms with Crippen LogP contribution < -0.4 is 14.9 Å². The first-order valence-electron chi connectivity index (χ1n) is 9.95. The predicted molar refractivity (Wildman–Crippen MR) is 120 cm³/mol. The van der Waals surface area contributed by atoms with Gasteiger partial charge in [-0.1, -0.05) is 56.4 Å². The molecule has 0 N–H and O–H groups in total. The Labute approximate surface area is 183 Å². The van der Waals surface area contributed by atoms with Crippen molar-refractivity contribution in [2.45, 2.75) is 39.2 Å². The maximum Gasteiger partial charge on any atom is 0.338 e. The molecule has 1 aliphatic heterocycles. The van der Waals surface area contributed by atoms with Crippen molar-refractivity contribution in [2.24, 2.45) is 4.99 Å². The molecule has 0 amide bonds. The van der Waals surface area contributed by atoms with Crippen LogP contribution in [0.3, 0.4) is 0 Å². The maximum absolute atomic E-state index is 13.4. The average Bonchev–Trinajstić information content (AvgIpc) is 3.34. The molecular weight excluding hydrogens is 412 g/mol. The van der Waals surface area contributed by atoms with E-state index in [2.05, 4.69) is 25.8 Å². The molecule has 0 fully saturated rings. The van der Waals surface area contributed by atoms with Crippen molar-refractivity contribution in [1.82, 2.24) is 4.57 Å². The number of benzene rings is 1. The van der Waals surface area contributed by atoms with Crippen LogP contribution in [0, 0.1) is 0 Å². The van der Waals surface area contributed by atoms with Crippen molar-refractivity contribution >= 4 is 23.4 Å². The number of allylic oxidation sites excluding steroid dienone is 1. The standard InChI is InChI=1S/C24H24N2O4S/c1-14-19(22(28)29-5)20(15-8-10-16(11-9-15)24(2,3)4)26-21(27)18(31-23(26)25-14)13-17-7-6-12-30-17/h6-13,20H,1-5H3/b18-13+/t20-/m0/s1. The van der Waals surface area contributed by atoms with Crippen LogP contribution in [0.4, 0.5) is 0 Å². The zero-order valence-corrected chi connectivity index (χ0v) is 18.9. The number of nitrogens with zero attached hydrogens (tertiary/aromatic N) is 2. The van der Waals surface area contributed by atoms with E-state index in [1.807, 2.05) is 24.3 Å². The number of rotatable bonds is 3. The number of ether oxygens (including phenoxy) is 1. The number of hydrogen-bond donors (Lipinski definition) is 0. The molecule has 2 aromatic heterocycles. The van der Waals surface area contributed by atoms with Gasteiger partial charge in [0.25, 0.3) is 5.56 Å². The topological polar surface area (TPSA) is 73.8 Å². The molecule has 4 rings (SSSR count). The zero-order chi connectivity index (χ0) is 22.3. The quantitative estimate of drug-likeness (QED) is 0.591. The van der Waals surface area contributed by atoms with Crippen molar-refractivity contribution in [3.8, 4) is 0 Å². The fraction of sp³-hybridized carbons (Fsp3) is 0.292. The van der Waals surface area contributed by atoms with Gasteiger partial charge in [0, 0.05) is 6.08 Å². The fourth-order valence-corrected chi connectivity index (χ4v) is 4.70. The number of esters is 1. The van der Waals surface area contributed by atoms with Crippen LogP contribution in [0.2, 0.25) is 0 Å². The molecule has 0 bridgehead atoms. The highest BCUT2D eigenvalue weighted by Gasteiger charge is 2.33. The summed E-state index contributed by atoms with van der Waals surface area (Å²) in [6, 6.07) is 11.0. The predicted octanol–water partition coefficient (Wildman–Crippen LogP) is 3.30. The van der Waals surface area contributed by atoms with Crippen LogP contribution in [0.15, 0.2) is 68.1 Å². The van der Waals surface area contributed by atoms with E-state index in [9.17, 15) is 9.59 Å². The third kappa shape index (κ3) is 3.81. The Morgan fingerprint density at radius 1 is 1.23 bits per heavy atom. The highest BCUT2D eigenvalue weighted by molar-refractivity contribution is 7.07. The summed E-state index contributed by atoms with van der Waals surface area (Å²) >= 11 is 1.27. The van der Waals surface area contributed by atoms with Crippen molar-refractivity contribution < 1.29 is 13.9 Å². The molecular formula is C24H24N2O4S. The molecule has 0 spiro atoms. The van der Waals surface area contributed by atoms with E-state index in [4.69, 9.17) is 9.15 Å². The van der Waals surface area contributed by atoms with Crippen LogP contribution >= 0.6 is 11.3 Å². The molecule has 3 heterocycles. The molecule has 0 aliphatic carbocycles. The van der Waals surface area contributed by atoms with Gasteiger partial charge < -0.3 is 9.15 Å². The lowest BCUT2D eigenvalue weighted by Gasteiger charge is -2.25. The van der Waals surface area contributed by atoms with Gasteiger partial charge in [0.05, 0.1) is 35.2 Å². The second-order valence-electron chi connectivity index (χ2n) is 8.46. The maximum atomic E-state index is 13.4. The van der Waals surface area contributed by atoms with E-state index >= 15 is 0 Å². The number of aromatic nitrogens is 1. The van der Waals surface area contributed by atoms with E-state index in [0.29, 0.717) is 26.4 Å². The minimum atomic E-state index is -0.614. The summed E-state index contributed by atoms with van der Waals surface area (Å²) in [5, 5.41) is 0. The van der Waals surface area contributed by atoms with Crippen LogP contribution in [0.25, 0.3) is 6.08 Å². The van der Waals surface area contributed by atoms with Gasteiger partial charge in [-0.15, -0.1) is 0 Å². The zero-order valence-electron chi connectivity index (χ0n) is 18.1. The summed E-state index contributed by atoms with van der Waals surface area (Å²) in [4.78, 5) is 31.2. The molecule has 6 nitrogen and oxygen atoms in total. The molecule has 0 unspecified atom stereocenters. The Kier molecular flexibility index (Phi) is 5.31. The minimum absolute atomic E-state index is 0.00703.